The minimum Gasteiger partial charge on any atom is -0.497 e. The number of methoxy groups -OCH3 is 1. The number of ether oxygens (including phenoxy) is 1. The number of sulfonamides is 1. The van der Waals surface area contributed by atoms with E-state index in [1.54, 1.807) is 19.2 Å². The standard InChI is InChI=1S/C22H30N4O4S/c1-17(2)16-23-22(27)24-18-4-10-21(11-5-18)31(28,29)26-14-12-25(13-15-26)19-6-8-20(30-3)9-7-19/h4-11,17H,12-16H2,1-3H3,(H2,23,24,27). The van der Waals surface area contributed by atoms with Gasteiger partial charge in [0.25, 0.3) is 0 Å². The lowest BCUT2D eigenvalue weighted by molar-refractivity contribution is 0.251. The predicted molar refractivity (Wildman–Crippen MR) is 122 cm³/mol. The number of hydrogen-bond donors (Lipinski definition) is 2. The first-order valence-electron chi connectivity index (χ1n) is 10.3. The van der Waals surface area contributed by atoms with Crippen molar-refractivity contribution in [2.75, 3.05) is 50.1 Å². The zero-order valence-electron chi connectivity index (χ0n) is 18.2. The number of benzene rings is 2. The molecule has 2 aromatic rings. The van der Waals surface area contributed by atoms with Gasteiger partial charge >= 0.3 is 6.03 Å². The number of hydrogen-bond acceptors (Lipinski definition) is 5. The summed E-state index contributed by atoms with van der Waals surface area (Å²) in [5, 5.41) is 5.48. The second kappa shape index (κ2) is 10.0. The molecule has 2 amide bonds. The topological polar surface area (TPSA) is 91.0 Å². The van der Waals surface area contributed by atoms with Crippen molar-refractivity contribution in [3.63, 3.8) is 0 Å². The highest BCUT2D eigenvalue weighted by molar-refractivity contribution is 7.89. The van der Waals surface area contributed by atoms with E-state index in [0.29, 0.717) is 44.3 Å². The number of nitrogens with zero attached hydrogens (tertiary/aromatic N) is 2. The molecule has 2 N–H and O–H groups in total. The Kier molecular flexibility index (Phi) is 7.40. The molecule has 0 spiro atoms. The number of piperazine rings is 1. The second-order valence-electron chi connectivity index (χ2n) is 7.84. The number of amides is 2. The van der Waals surface area contributed by atoms with E-state index < -0.39 is 10.0 Å². The van der Waals surface area contributed by atoms with Gasteiger partial charge in [-0.3, -0.25) is 0 Å². The van der Waals surface area contributed by atoms with E-state index >= 15 is 0 Å². The van der Waals surface area contributed by atoms with Crippen LogP contribution in [0, 0.1) is 5.92 Å². The molecule has 0 radical (unpaired) electrons. The normalized spacial score (nSPS) is 15.0. The van der Waals surface area contributed by atoms with Crippen LogP contribution in [-0.2, 0) is 10.0 Å². The minimum absolute atomic E-state index is 0.221. The summed E-state index contributed by atoms with van der Waals surface area (Å²) in [5.41, 5.74) is 1.59. The summed E-state index contributed by atoms with van der Waals surface area (Å²) >= 11 is 0. The van der Waals surface area contributed by atoms with Gasteiger partial charge in [-0.25, -0.2) is 13.2 Å². The highest BCUT2D eigenvalue weighted by atomic mass is 32.2. The van der Waals surface area contributed by atoms with Gasteiger partial charge in [-0.2, -0.15) is 4.31 Å². The molecule has 1 heterocycles. The van der Waals surface area contributed by atoms with Crippen LogP contribution in [0.5, 0.6) is 5.75 Å². The Balaban J connectivity index is 1.58. The summed E-state index contributed by atoms with van der Waals surface area (Å²) in [7, 11) is -1.96. The monoisotopic (exact) mass is 446 g/mol. The number of rotatable bonds is 7. The van der Waals surface area contributed by atoms with E-state index in [1.165, 1.54) is 16.4 Å². The van der Waals surface area contributed by atoms with E-state index in [0.717, 1.165) is 11.4 Å². The average molecular weight is 447 g/mol. The summed E-state index contributed by atoms with van der Waals surface area (Å²) < 4.78 is 32.7. The number of carbonyl (C=O) groups is 1. The third-order valence-corrected chi connectivity index (χ3v) is 7.01. The number of nitrogens with one attached hydrogen (secondary N) is 2. The van der Waals surface area contributed by atoms with Gasteiger partial charge in [0.15, 0.2) is 0 Å². The molecule has 3 rings (SSSR count). The first kappa shape index (κ1) is 22.9. The van der Waals surface area contributed by atoms with Gasteiger partial charge in [0.05, 0.1) is 12.0 Å². The van der Waals surface area contributed by atoms with Crippen LogP contribution in [0.2, 0.25) is 0 Å². The van der Waals surface area contributed by atoms with Crippen LogP contribution in [0.3, 0.4) is 0 Å². The molecule has 1 aliphatic heterocycles. The molecular weight excluding hydrogens is 416 g/mol. The minimum atomic E-state index is -3.59. The highest BCUT2D eigenvalue weighted by Crippen LogP contribution is 2.24. The average Bonchev–Trinajstić information content (AvgIpc) is 2.78. The molecule has 0 unspecified atom stereocenters. The van der Waals surface area contributed by atoms with Crippen molar-refractivity contribution in [1.82, 2.24) is 9.62 Å². The quantitative estimate of drug-likeness (QED) is 0.682. The third kappa shape index (κ3) is 5.89. The van der Waals surface area contributed by atoms with Crippen LogP contribution in [0.15, 0.2) is 53.4 Å². The van der Waals surface area contributed by atoms with Crippen molar-refractivity contribution in [2.45, 2.75) is 18.7 Å². The first-order chi connectivity index (χ1) is 14.8. The lowest BCUT2D eigenvalue weighted by Gasteiger charge is -2.35. The van der Waals surface area contributed by atoms with Crippen molar-refractivity contribution < 1.29 is 17.9 Å². The summed E-state index contributed by atoms with van der Waals surface area (Å²) in [5.74, 6) is 1.14. The molecule has 168 valence electrons. The Morgan fingerprint density at radius 1 is 1.00 bits per heavy atom. The molecule has 0 saturated carbocycles. The Labute approximate surface area is 184 Å². The van der Waals surface area contributed by atoms with Gasteiger partial charge in [-0.05, 0) is 54.4 Å². The van der Waals surface area contributed by atoms with E-state index in [2.05, 4.69) is 15.5 Å². The fraction of sp³-hybridized carbons (Fsp3) is 0.409. The molecule has 9 heteroatoms. The lowest BCUT2D eigenvalue weighted by Crippen LogP contribution is -2.48. The number of urea groups is 1. The number of carbonyl (C=O) groups excluding carboxylic acids is 1. The van der Waals surface area contributed by atoms with Crippen molar-refractivity contribution in [2.24, 2.45) is 5.92 Å². The van der Waals surface area contributed by atoms with E-state index in [1.807, 2.05) is 38.1 Å². The molecule has 0 aromatic heterocycles. The molecule has 0 atom stereocenters. The van der Waals surface area contributed by atoms with Gasteiger partial charge in [-0.15, -0.1) is 0 Å². The molecule has 1 fully saturated rings. The van der Waals surface area contributed by atoms with Gasteiger partial charge in [-0.1, -0.05) is 13.8 Å². The van der Waals surface area contributed by atoms with Crippen molar-refractivity contribution >= 4 is 27.4 Å². The highest BCUT2D eigenvalue weighted by Gasteiger charge is 2.28. The summed E-state index contributed by atoms with van der Waals surface area (Å²) in [4.78, 5) is 14.3. The zero-order valence-corrected chi connectivity index (χ0v) is 19.0. The van der Waals surface area contributed by atoms with E-state index in [-0.39, 0.29) is 10.9 Å². The number of anilines is 2. The van der Waals surface area contributed by atoms with Gasteiger partial charge in [0.1, 0.15) is 5.75 Å². The molecule has 8 nitrogen and oxygen atoms in total. The van der Waals surface area contributed by atoms with Gasteiger partial charge in [0, 0.05) is 44.1 Å². The van der Waals surface area contributed by atoms with Crippen molar-refractivity contribution in [3.8, 4) is 5.75 Å². The Bertz CT molecular complexity index is 968. The second-order valence-corrected chi connectivity index (χ2v) is 9.78. The van der Waals surface area contributed by atoms with Crippen LogP contribution in [0.1, 0.15) is 13.8 Å². The largest absolute Gasteiger partial charge is 0.497 e. The van der Waals surface area contributed by atoms with Crippen LogP contribution in [0.4, 0.5) is 16.2 Å². The van der Waals surface area contributed by atoms with Crippen LogP contribution < -0.4 is 20.3 Å². The van der Waals surface area contributed by atoms with Crippen LogP contribution in [0.25, 0.3) is 0 Å². The summed E-state index contributed by atoms with van der Waals surface area (Å²) in [6.45, 7) is 6.63. The summed E-state index contributed by atoms with van der Waals surface area (Å²) in [6.07, 6.45) is 0. The molecule has 0 aliphatic carbocycles. The zero-order chi connectivity index (χ0) is 22.4. The molecule has 1 saturated heterocycles. The molecular formula is C22H30N4O4S. The smallest absolute Gasteiger partial charge is 0.319 e. The van der Waals surface area contributed by atoms with Crippen molar-refractivity contribution in [1.29, 1.82) is 0 Å². The fourth-order valence-corrected chi connectivity index (χ4v) is 4.73. The van der Waals surface area contributed by atoms with Crippen LogP contribution in [-0.4, -0.2) is 58.6 Å². The maximum absolute atomic E-state index is 13.0. The Hall–Kier alpha value is -2.78. The maximum atomic E-state index is 13.0. The first-order valence-corrected chi connectivity index (χ1v) is 11.8. The SMILES string of the molecule is COc1ccc(N2CCN(S(=O)(=O)c3ccc(NC(=O)NCC(C)C)cc3)CC2)cc1. The predicted octanol–water partition coefficient (Wildman–Crippen LogP) is 2.98. The van der Waals surface area contributed by atoms with Crippen LogP contribution >= 0.6 is 0 Å². The van der Waals surface area contributed by atoms with E-state index in [9.17, 15) is 13.2 Å². The van der Waals surface area contributed by atoms with Gasteiger partial charge in [0.2, 0.25) is 10.0 Å². The van der Waals surface area contributed by atoms with E-state index in [4.69, 9.17) is 4.74 Å². The summed E-state index contributed by atoms with van der Waals surface area (Å²) in [6, 6.07) is 13.7. The Morgan fingerprint density at radius 2 is 1.61 bits per heavy atom. The fourth-order valence-electron chi connectivity index (χ4n) is 3.31. The maximum Gasteiger partial charge on any atom is 0.319 e. The molecule has 31 heavy (non-hydrogen) atoms. The molecule has 2 aromatic carbocycles. The molecule has 0 bridgehead atoms. The third-order valence-electron chi connectivity index (χ3n) is 5.10. The van der Waals surface area contributed by atoms with Gasteiger partial charge < -0.3 is 20.3 Å². The Morgan fingerprint density at radius 3 is 2.16 bits per heavy atom. The van der Waals surface area contributed by atoms with Crippen molar-refractivity contribution in [3.05, 3.63) is 48.5 Å². The molecule has 1 aliphatic rings. The lowest BCUT2D eigenvalue weighted by atomic mass is 10.2.